The first-order valence-corrected chi connectivity index (χ1v) is 12.6. The quantitative estimate of drug-likeness (QED) is 0.429. The molecule has 1 aliphatic heterocycles. The highest BCUT2D eigenvalue weighted by Gasteiger charge is 2.25. The summed E-state index contributed by atoms with van der Waals surface area (Å²) in [6.45, 7) is 5.42. The smallest absolute Gasteiger partial charge is 0.295 e. The normalized spacial score (nSPS) is 17.5. The molecule has 1 saturated heterocycles. The highest BCUT2D eigenvalue weighted by atomic mass is 35.5. The lowest BCUT2D eigenvalue weighted by atomic mass is 9.85. The van der Waals surface area contributed by atoms with Crippen molar-refractivity contribution in [3.05, 3.63) is 47.0 Å². The van der Waals surface area contributed by atoms with E-state index in [1.807, 2.05) is 37.3 Å². The van der Waals surface area contributed by atoms with E-state index in [1.165, 1.54) is 5.56 Å². The Kier molecular flexibility index (Phi) is 6.92. The first-order chi connectivity index (χ1) is 16.6. The van der Waals surface area contributed by atoms with Crippen LogP contribution in [0, 0.1) is 5.92 Å². The molecule has 2 aliphatic rings. The van der Waals surface area contributed by atoms with Gasteiger partial charge in [-0.3, -0.25) is 9.69 Å². The van der Waals surface area contributed by atoms with Crippen molar-refractivity contribution < 1.29 is 13.9 Å². The number of ether oxygens (including phenoxy) is 1. The zero-order valence-corrected chi connectivity index (χ0v) is 20.2. The highest BCUT2D eigenvalue weighted by molar-refractivity contribution is 6.32. The number of anilines is 2. The molecule has 0 bridgehead atoms. The van der Waals surface area contributed by atoms with E-state index in [2.05, 4.69) is 26.6 Å². The van der Waals surface area contributed by atoms with Crippen LogP contribution in [0.4, 0.5) is 11.7 Å². The molecule has 1 saturated carbocycles. The third-order valence-corrected chi connectivity index (χ3v) is 7.06. The number of fused-ring (bicyclic) bond motifs is 1. The molecule has 1 amide bonds. The molecule has 3 aromatic rings. The molecule has 0 radical (unpaired) electrons. The minimum atomic E-state index is 0.104. The number of aromatic nitrogens is 1. The van der Waals surface area contributed by atoms with Gasteiger partial charge >= 0.3 is 0 Å². The van der Waals surface area contributed by atoms with Crippen molar-refractivity contribution in [1.29, 1.82) is 0 Å². The molecule has 2 fully saturated rings. The van der Waals surface area contributed by atoms with Crippen LogP contribution in [-0.2, 0) is 11.3 Å². The maximum atomic E-state index is 12.2. The fraction of sp³-hybridized carbons (Fsp3) is 0.462. The summed E-state index contributed by atoms with van der Waals surface area (Å²) < 4.78 is 11.5. The maximum absolute atomic E-state index is 12.2. The molecule has 8 heteroatoms. The lowest BCUT2D eigenvalue weighted by Gasteiger charge is -2.32. The number of hydrogen-bond acceptors (Lipinski definition) is 6. The molecular formula is C26H31ClN4O3. The SMILES string of the molecule is CCOc1cc(CN2CCC(Nc3nc4cc(NC(=O)C5CCC5)ccc4o3)CC2)ccc1Cl. The van der Waals surface area contributed by atoms with Crippen molar-refractivity contribution in [3.8, 4) is 5.75 Å². The molecule has 1 aromatic heterocycles. The van der Waals surface area contributed by atoms with E-state index in [-0.39, 0.29) is 11.8 Å². The van der Waals surface area contributed by atoms with Gasteiger partial charge in [0.05, 0.1) is 11.6 Å². The van der Waals surface area contributed by atoms with E-state index in [0.29, 0.717) is 23.7 Å². The van der Waals surface area contributed by atoms with Crippen LogP contribution in [0.1, 0.15) is 44.6 Å². The number of carbonyl (C=O) groups is 1. The van der Waals surface area contributed by atoms with Crippen LogP contribution in [0.25, 0.3) is 11.1 Å². The van der Waals surface area contributed by atoms with Gasteiger partial charge < -0.3 is 19.8 Å². The number of benzene rings is 2. The Hall–Kier alpha value is -2.77. The molecule has 5 rings (SSSR count). The van der Waals surface area contributed by atoms with Crippen LogP contribution in [-0.4, -0.2) is 41.5 Å². The van der Waals surface area contributed by atoms with Gasteiger partial charge in [0, 0.05) is 37.3 Å². The average Bonchev–Trinajstić information content (AvgIpc) is 3.18. The highest BCUT2D eigenvalue weighted by Crippen LogP contribution is 2.30. The molecule has 2 N–H and O–H groups in total. The summed E-state index contributed by atoms with van der Waals surface area (Å²) in [5.74, 6) is 1.01. The standard InChI is InChI=1S/C26H31ClN4O3/c1-2-33-24-14-17(6-8-21(24)27)16-31-12-10-19(11-13-31)29-26-30-22-15-20(7-9-23(22)34-26)28-25(32)18-4-3-5-18/h6-9,14-15,18-19H,2-5,10-13,16H2,1H3,(H,28,32)(H,29,30). The van der Waals surface area contributed by atoms with Crippen LogP contribution in [0.3, 0.4) is 0 Å². The Labute approximate surface area is 204 Å². The predicted molar refractivity (Wildman–Crippen MR) is 135 cm³/mol. The van der Waals surface area contributed by atoms with Gasteiger partial charge in [-0.15, -0.1) is 0 Å². The van der Waals surface area contributed by atoms with Crippen molar-refractivity contribution in [2.75, 3.05) is 30.3 Å². The number of nitrogens with zero attached hydrogens (tertiary/aromatic N) is 2. The number of piperidine rings is 1. The average molecular weight is 483 g/mol. The molecule has 0 spiro atoms. The van der Waals surface area contributed by atoms with Gasteiger partial charge in [0.25, 0.3) is 6.01 Å². The number of hydrogen-bond donors (Lipinski definition) is 2. The van der Waals surface area contributed by atoms with Gasteiger partial charge in [-0.2, -0.15) is 4.98 Å². The van der Waals surface area contributed by atoms with Gasteiger partial charge in [0.2, 0.25) is 5.91 Å². The van der Waals surface area contributed by atoms with E-state index in [1.54, 1.807) is 0 Å². The Morgan fingerprint density at radius 2 is 2.00 bits per heavy atom. The zero-order chi connectivity index (χ0) is 23.5. The van der Waals surface area contributed by atoms with E-state index < -0.39 is 0 Å². The summed E-state index contributed by atoms with van der Waals surface area (Å²) in [6, 6.07) is 12.5. The van der Waals surface area contributed by atoms with Crippen LogP contribution in [0.2, 0.25) is 5.02 Å². The number of likely N-dealkylation sites (tertiary alicyclic amines) is 1. The van der Waals surface area contributed by atoms with Crippen molar-refractivity contribution in [2.45, 2.75) is 51.6 Å². The third kappa shape index (κ3) is 5.31. The van der Waals surface area contributed by atoms with E-state index in [0.717, 1.165) is 74.3 Å². The summed E-state index contributed by atoms with van der Waals surface area (Å²) >= 11 is 6.21. The topological polar surface area (TPSA) is 79.6 Å². The molecule has 180 valence electrons. The fourth-order valence-electron chi connectivity index (χ4n) is 4.56. The molecule has 1 aliphatic carbocycles. The van der Waals surface area contributed by atoms with E-state index >= 15 is 0 Å². The Morgan fingerprint density at radius 3 is 2.74 bits per heavy atom. The first-order valence-electron chi connectivity index (χ1n) is 12.2. The molecule has 7 nitrogen and oxygen atoms in total. The molecule has 0 atom stereocenters. The number of halogens is 1. The van der Waals surface area contributed by atoms with E-state index in [9.17, 15) is 4.79 Å². The molecule has 2 heterocycles. The van der Waals surface area contributed by atoms with Gasteiger partial charge in [0.15, 0.2) is 5.58 Å². The van der Waals surface area contributed by atoms with Crippen molar-refractivity contribution in [1.82, 2.24) is 9.88 Å². The second kappa shape index (κ2) is 10.2. The Balaban J connectivity index is 1.14. The number of rotatable bonds is 8. The summed E-state index contributed by atoms with van der Waals surface area (Å²) in [5, 5.41) is 7.11. The molecular weight excluding hydrogens is 452 g/mol. The second-order valence-corrected chi connectivity index (χ2v) is 9.62. The molecule has 34 heavy (non-hydrogen) atoms. The summed E-state index contributed by atoms with van der Waals surface area (Å²) in [4.78, 5) is 19.3. The minimum Gasteiger partial charge on any atom is -0.492 e. The number of carbonyl (C=O) groups excluding carboxylic acids is 1. The largest absolute Gasteiger partial charge is 0.492 e. The van der Waals surface area contributed by atoms with Crippen molar-refractivity contribution in [2.24, 2.45) is 5.92 Å². The zero-order valence-electron chi connectivity index (χ0n) is 19.5. The monoisotopic (exact) mass is 482 g/mol. The summed E-state index contributed by atoms with van der Waals surface area (Å²) in [7, 11) is 0. The third-order valence-electron chi connectivity index (χ3n) is 6.75. The van der Waals surface area contributed by atoms with Crippen molar-refractivity contribution in [3.63, 3.8) is 0 Å². The first kappa shape index (κ1) is 23.0. The van der Waals surface area contributed by atoms with Crippen LogP contribution in [0.15, 0.2) is 40.8 Å². The predicted octanol–water partition coefficient (Wildman–Crippen LogP) is 5.70. The summed E-state index contributed by atoms with van der Waals surface area (Å²) in [5.41, 5.74) is 3.44. The van der Waals surface area contributed by atoms with Gasteiger partial charge in [-0.25, -0.2) is 0 Å². The van der Waals surface area contributed by atoms with Crippen LogP contribution >= 0.6 is 11.6 Å². The Morgan fingerprint density at radius 1 is 1.18 bits per heavy atom. The summed E-state index contributed by atoms with van der Waals surface area (Å²) in [6.07, 6.45) is 5.13. The number of amides is 1. The van der Waals surface area contributed by atoms with Gasteiger partial charge in [-0.1, -0.05) is 24.1 Å². The number of nitrogens with one attached hydrogen (secondary N) is 2. The molecule has 0 unspecified atom stereocenters. The van der Waals surface area contributed by atoms with Gasteiger partial charge in [0.1, 0.15) is 11.3 Å². The van der Waals surface area contributed by atoms with Crippen LogP contribution in [0.5, 0.6) is 5.75 Å². The fourth-order valence-corrected chi connectivity index (χ4v) is 4.73. The lowest BCUT2D eigenvalue weighted by molar-refractivity contribution is -0.122. The minimum absolute atomic E-state index is 0.104. The molecule has 2 aromatic carbocycles. The van der Waals surface area contributed by atoms with Crippen molar-refractivity contribution >= 4 is 40.3 Å². The van der Waals surface area contributed by atoms with E-state index in [4.69, 9.17) is 20.8 Å². The lowest BCUT2D eigenvalue weighted by Crippen LogP contribution is -2.38. The van der Waals surface area contributed by atoms with Gasteiger partial charge in [-0.05, 0) is 68.5 Å². The second-order valence-electron chi connectivity index (χ2n) is 9.21. The Bertz CT molecular complexity index is 1150. The van der Waals surface area contributed by atoms with Crippen LogP contribution < -0.4 is 15.4 Å². The number of oxazole rings is 1. The maximum Gasteiger partial charge on any atom is 0.295 e.